The second kappa shape index (κ2) is 5.37. The predicted octanol–water partition coefficient (Wildman–Crippen LogP) is 2.44. The van der Waals surface area contributed by atoms with Crippen molar-refractivity contribution >= 4 is 15.5 Å². The van der Waals surface area contributed by atoms with Gasteiger partial charge in [0.1, 0.15) is 0 Å². The SMILES string of the molecule is CCCS(=O)(=O)c1ccc(NC2CC(O)C2(C)C)cc1. The van der Waals surface area contributed by atoms with Crippen LogP contribution in [0.5, 0.6) is 0 Å². The zero-order valence-electron chi connectivity index (χ0n) is 12.3. The summed E-state index contributed by atoms with van der Waals surface area (Å²) in [6.07, 6.45) is 1.07. The number of nitrogens with one attached hydrogen (secondary N) is 1. The van der Waals surface area contributed by atoms with Gasteiger partial charge in [0.15, 0.2) is 9.84 Å². The molecule has 1 saturated carbocycles. The molecule has 1 aromatic rings. The predicted molar refractivity (Wildman–Crippen MR) is 80.6 cm³/mol. The molecule has 0 radical (unpaired) electrons. The van der Waals surface area contributed by atoms with Crippen molar-refractivity contribution in [3.05, 3.63) is 24.3 Å². The standard InChI is InChI=1S/C15H23NO3S/c1-4-9-20(18,19)12-7-5-11(6-8-12)16-13-10-14(17)15(13,2)3/h5-8,13-14,16-17H,4,9-10H2,1-3H3. The lowest BCUT2D eigenvalue weighted by Crippen LogP contribution is -2.56. The molecule has 2 unspecified atom stereocenters. The summed E-state index contributed by atoms with van der Waals surface area (Å²) >= 11 is 0. The minimum atomic E-state index is -3.15. The van der Waals surface area contributed by atoms with Gasteiger partial charge in [-0.3, -0.25) is 0 Å². The van der Waals surface area contributed by atoms with Crippen molar-refractivity contribution in [2.24, 2.45) is 5.41 Å². The minimum Gasteiger partial charge on any atom is -0.392 e. The van der Waals surface area contributed by atoms with E-state index in [4.69, 9.17) is 0 Å². The highest BCUT2D eigenvalue weighted by atomic mass is 32.2. The Hall–Kier alpha value is -1.07. The molecule has 0 aliphatic heterocycles. The molecule has 112 valence electrons. The van der Waals surface area contributed by atoms with Gasteiger partial charge in [0.05, 0.1) is 16.8 Å². The van der Waals surface area contributed by atoms with E-state index in [1.807, 2.05) is 20.8 Å². The van der Waals surface area contributed by atoms with Crippen LogP contribution >= 0.6 is 0 Å². The van der Waals surface area contributed by atoms with E-state index in [2.05, 4.69) is 5.32 Å². The molecule has 1 aromatic carbocycles. The van der Waals surface area contributed by atoms with E-state index in [1.165, 1.54) is 0 Å². The van der Waals surface area contributed by atoms with Gasteiger partial charge in [-0.15, -0.1) is 0 Å². The Labute approximate surface area is 121 Å². The molecule has 1 aliphatic carbocycles. The van der Waals surface area contributed by atoms with Crippen LogP contribution < -0.4 is 5.32 Å². The third-order valence-corrected chi connectivity index (χ3v) is 6.18. The highest BCUT2D eigenvalue weighted by Crippen LogP contribution is 2.42. The molecule has 5 heteroatoms. The van der Waals surface area contributed by atoms with Crippen LogP contribution in [-0.4, -0.2) is 31.4 Å². The van der Waals surface area contributed by atoms with Crippen molar-refractivity contribution in [1.29, 1.82) is 0 Å². The summed E-state index contributed by atoms with van der Waals surface area (Å²) in [6.45, 7) is 5.91. The number of anilines is 1. The average molecular weight is 297 g/mol. The smallest absolute Gasteiger partial charge is 0.178 e. The molecule has 20 heavy (non-hydrogen) atoms. The van der Waals surface area contributed by atoms with Crippen molar-refractivity contribution in [2.75, 3.05) is 11.1 Å². The zero-order chi connectivity index (χ0) is 15.0. The molecule has 0 spiro atoms. The summed E-state index contributed by atoms with van der Waals surface area (Å²) < 4.78 is 23.9. The number of benzene rings is 1. The fourth-order valence-electron chi connectivity index (χ4n) is 2.49. The molecule has 4 nitrogen and oxygen atoms in total. The molecular weight excluding hydrogens is 274 g/mol. The van der Waals surface area contributed by atoms with Crippen LogP contribution in [0, 0.1) is 5.41 Å². The molecule has 0 aromatic heterocycles. The van der Waals surface area contributed by atoms with E-state index >= 15 is 0 Å². The lowest BCUT2D eigenvalue weighted by atomic mass is 9.64. The molecule has 0 amide bonds. The summed E-state index contributed by atoms with van der Waals surface area (Å²) in [5.41, 5.74) is 0.748. The van der Waals surface area contributed by atoms with E-state index in [0.29, 0.717) is 11.3 Å². The zero-order valence-corrected chi connectivity index (χ0v) is 13.1. The van der Waals surface area contributed by atoms with Gasteiger partial charge in [-0.05, 0) is 37.1 Å². The monoisotopic (exact) mass is 297 g/mol. The molecule has 1 fully saturated rings. The number of hydrogen-bond acceptors (Lipinski definition) is 4. The molecule has 0 saturated heterocycles. The third-order valence-electron chi connectivity index (χ3n) is 4.24. The van der Waals surface area contributed by atoms with E-state index in [9.17, 15) is 13.5 Å². The highest BCUT2D eigenvalue weighted by Gasteiger charge is 2.47. The normalized spacial score (nSPS) is 25.0. The first kappa shape index (κ1) is 15.3. The van der Waals surface area contributed by atoms with Gasteiger partial charge < -0.3 is 10.4 Å². The van der Waals surface area contributed by atoms with Crippen LogP contribution in [0.3, 0.4) is 0 Å². The van der Waals surface area contributed by atoms with Crippen molar-refractivity contribution in [3.8, 4) is 0 Å². The van der Waals surface area contributed by atoms with E-state index in [-0.39, 0.29) is 23.3 Å². The maximum atomic E-state index is 11.9. The highest BCUT2D eigenvalue weighted by molar-refractivity contribution is 7.91. The maximum Gasteiger partial charge on any atom is 0.178 e. The van der Waals surface area contributed by atoms with E-state index in [0.717, 1.165) is 12.1 Å². The quantitative estimate of drug-likeness (QED) is 0.876. The Morgan fingerprint density at radius 1 is 1.30 bits per heavy atom. The summed E-state index contributed by atoms with van der Waals surface area (Å²) in [5.74, 6) is 0.182. The molecular formula is C15H23NO3S. The van der Waals surface area contributed by atoms with Gasteiger partial charge in [-0.25, -0.2) is 8.42 Å². The lowest BCUT2D eigenvalue weighted by Gasteiger charge is -2.49. The molecule has 2 rings (SSSR count). The van der Waals surface area contributed by atoms with Crippen LogP contribution in [0.15, 0.2) is 29.2 Å². The largest absolute Gasteiger partial charge is 0.392 e. The van der Waals surface area contributed by atoms with Crippen LogP contribution in [-0.2, 0) is 9.84 Å². The van der Waals surface area contributed by atoms with Crippen LogP contribution in [0.1, 0.15) is 33.6 Å². The Balaban J connectivity index is 2.07. The number of sulfone groups is 1. The van der Waals surface area contributed by atoms with Crippen molar-refractivity contribution < 1.29 is 13.5 Å². The third kappa shape index (κ3) is 2.83. The van der Waals surface area contributed by atoms with Gasteiger partial charge in [0.25, 0.3) is 0 Å². The molecule has 0 heterocycles. The topological polar surface area (TPSA) is 66.4 Å². The van der Waals surface area contributed by atoms with Gasteiger partial charge in [-0.1, -0.05) is 20.8 Å². The Bertz CT molecular complexity index is 563. The van der Waals surface area contributed by atoms with E-state index < -0.39 is 9.84 Å². The number of rotatable bonds is 5. The van der Waals surface area contributed by atoms with Crippen LogP contribution in [0.25, 0.3) is 0 Å². The number of aliphatic hydroxyl groups excluding tert-OH is 1. The summed E-state index contributed by atoms with van der Waals surface area (Å²) in [4.78, 5) is 0.373. The molecule has 2 atom stereocenters. The van der Waals surface area contributed by atoms with E-state index in [1.54, 1.807) is 24.3 Å². The summed E-state index contributed by atoms with van der Waals surface area (Å²) in [6, 6.07) is 7.10. The Morgan fingerprint density at radius 3 is 2.35 bits per heavy atom. The molecule has 0 bridgehead atoms. The van der Waals surface area contributed by atoms with Crippen molar-refractivity contribution in [2.45, 2.75) is 50.7 Å². The van der Waals surface area contributed by atoms with Gasteiger partial charge in [0.2, 0.25) is 0 Å². The fraction of sp³-hybridized carbons (Fsp3) is 0.600. The van der Waals surface area contributed by atoms with Crippen molar-refractivity contribution in [1.82, 2.24) is 0 Å². The van der Waals surface area contributed by atoms with Gasteiger partial charge >= 0.3 is 0 Å². The molecule has 1 aliphatic rings. The fourth-order valence-corrected chi connectivity index (χ4v) is 3.82. The summed E-state index contributed by atoms with van der Waals surface area (Å²) in [7, 11) is -3.15. The maximum absolute atomic E-state index is 11.9. The summed E-state index contributed by atoms with van der Waals surface area (Å²) in [5, 5.41) is 13.1. The van der Waals surface area contributed by atoms with Crippen molar-refractivity contribution in [3.63, 3.8) is 0 Å². The average Bonchev–Trinajstić information content (AvgIpc) is 2.39. The second-order valence-electron chi connectivity index (χ2n) is 6.11. The number of aliphatic hydroxyl groups is 1. The second-order valence-corrected chi connectivity index (χ2v) is 8.22. The first-order chi connectivity index (χ1) is 9.27. The Kier molecular flexibility index (Phi) is 4.12. The Morgan fingerprint density at radius 2 is 1.90 bits per heavy atom. The van der Waals surface area contributed by atoms with Crippen LogP contribution in [0.2, 0.25) is 0 Å². The lowest BCUT2D eigenvalue weighted by molar-refractivity contribution is -0.0510. The first-order valence-electron chi connectivity index (χ1n) is 7.05. The van der Waals surface area contributed by atoms with Gasteiger partial charge in [0, 0.05) is 17.1 Å². The minimum absolute atomic E-state index is 0.146. The van der Waals surface area contributed by atoms with Crippen LogP contribution in [0.4, 0.5) is 5.69 Å². The van der Waals surface area contributed by atoms with Gasteiger partial charge in [-0.2, -0.15) is 0 Å². The number of hydrogen-bond donors (Lipinski definition) is 2. The molecule has 2 N–H and O–H groups in total. The first-order valence-corrected chi connectivity index (χ1v) is 8.70.